The molecule has 1 amide bonds. The fourth-order valence-electron chi connectivity index (χ4n) is 4.54. The highest BCUT2D eigenvalue weighted by atomic mass is 16.6. The predicted molar refractivity (Wildman–Crippen MR) is 164 cm³/mol. The third kappa shape index (κ3) is 13.3. The molecule has 1 aliphatic rings. The van der Waals surface area contributed by atoms with Crippen molar-refractivity contribution in [3.05, 3.63) is 59.7 Å². The number of ether oxygens (including phenoxy) is 8. The fourth-order valence-corrected chi connectivity index (χ4v) is 4.54. The van der Waals surface area contributed by atoms with E-state index in [2.05, 4.69) is 24.3 Å². The molecule has 0 heterocycles. The van der Waals surface area contributed by atoms with Crippen LogP contribution in [0.5, 0.6) is 0 Å². The second kappa shape index (κ2) is 21.2. The molecule has 0 aliphatic heterocycles. The number of carbonyl (C=O) groups is 1. The summed E-state index contributed by atoms with van der Waals surface area (Å²) in [5.74, 6) is 0.0471. The van der Waals surface area contributed by atoms with Crippen LogP contribution in [0.2, 0.25) is 0 Å². The summed E-state index contributed by atoms with van der Waals surface area (Å²) in [6.07, 6.45) is -0.131. The fraction of sp³-hybridized carbons (Fsp3) is 0.606. The topological polar surface area (TPSA) is 94.2 Å². The molecule has 0 N–H and O–H groups in total. The van der Waals surface area contributed by atoms with E-state index in [1.54, 1.807) is 7.05 Å². The van der Waals surface area contributed by atoms with Gasteiger partial charge in [0.25, 0.3) is 0 Å². The lowest BCUT2D eigenvalue weighted by Crippen LogP contribution is -2.32. The summed E-state index contributed by atoms with van der Waals surface area (Å²) in [6, 6.07) is 16.6. The highest BCUT2D eigenvalue weighted by Crippen LogP contribution is 2.44. The van der Waals surface area contributed by atoms with Crippen LogP contribution in [-0.2, 0) is 37.9 Å². The minimum absolute atomic E-state index is 0.0471. The van der Waals surface area contributed by atoms with Crippen molar-refractivity contribution in [2.45, 2.75) is 25.9 Å². The lowest BCUT2D eigenvalue weighted by atomic mass is 9.98. The zero-order valence-corrected chi connectivity index (χ0v) is 26.0. The van der Waals surface area contributed by atoms with Gasteiger partial charge in [-0.1, -0.05) is 48.5 Å². The van der Waals surface area contributed by atoms with Gasteiger partial charge in [0.15, 0.2) is 0 Å². The van der Waals surface area contributed by atoms with Crippen LogP contribution in [0.3, 0.4) is 0 Å². The van der Waals surface area contributed by atoms with Crippen LogP contribution in [0.15, 0.2) is 48.5 Å². The average molecular weight is 604 g/mol. The summed E-state index contributed by atoms with van der Waals surface area (Å²) in [6.45, 7) is 11.3. The second-order valence-corrected chi connectivity index (χ2v) is 10.3. The number of carbonyl (C=O) groups excluding carboxylic acids is 1. The van der Waals surface area contributed by atoms with Crippen molar-refractivity contribution >= 4 is 6.09 Å². The molecule has 2 aromatic rings. The number of nitrogens with zero attached hydrogens (tertiary/aromatic N) is 1. The van der Waals surface area contributed by atoms with Gasteiger partial charge >= 0.3 is 6.09 Å². The Morgan fingerprint density at radius 2 is 1.02 bits per heavy atom. The molecule has 0 unspecified atom stereocenters. The molecular weight excluding hydrogens is 554 g/mol. The van der Waals surface area contributed by atoms with E-state index in [1.807, 2.05) is 38.1 Å². The standard InChI is InChI=1S/C33H49NO9/c1-27(2)42-25-24-41-23-22-40-21-20-39-19-18-38-17-16-37-15-14-36-13-12-34(3)33(35)43-26-32-30-10-6-4-8-28(30)29-9-5-7-11-31(29)32/h4-11,27,32H,12-26H2,1-3H3. The van der Waals surface area contributed by atoms with Gasteiger partial charge in [-0.3, -0.25) is 0 Å². The Morgan fingerprint density at radius 3 is 1.47 bits per heavy atom. The number of rotatable bonds is 24. The highest BCUT2D eigenvalue weighted by Gasteiger charge is 2.29. The van der Waals surface area contributed by atoms with Gasteiger partial charge in [-0.25, -0.2) is 4.79 Å². The molecule has 0 radical (unpaired) electrons. The normalized spacial score (nSPS) is 12.5. The molecule has 2 aromatic carbocycles. The number of amides is 1. The molecule has 0 saturated heterocycles. The third-order valence-electron chi connectivity index (χ3n) is 6.76. The van der Waals surface area contributed by atoms with Gasteiger partial charge < -0.3 is 42.8 Å². The monoisotopic (exact) mass is 603 g/mol. The molecule has 0 saturated carbocycles. The minimum atomic E-state index is -0.358. The molecule has 10 heteroatoms. The summed E-state index contributed by atoms with van der Waals surface area (Å²) in [4.78, 5) is 14.1. The first-order valence-corrected chi connectivity index (χ1v) is 15.2. The molecule has 0 aromatic heterocycles. The summed E-state index contributed by atoms with van der Waals surface area (Å²) < 4.78 is 44.0. The maximum absolute atomic E-state index is 12.6. The van der Waals surface area contributed by atoms with Gasteiger partial charge in [0.05, 0.1) is 92.0 Å². The lowest BCUT2D eigenvalue weighted by Gasteiger charge is -2.19. The summed E-state index contributed by atoms with van der Waals surface area (Å²) in [7, 11) is 1.72. The summed E-state index contributed by atoms with van der Waals surface area (Å²) in [5, 5.41) is 0. The van der Waals surface area contributed by atoms with Crippen LogP contribution in [0.1, 0.15) is 30.9 Å². The quantitative estimate of drug-likeness (QED) is 0.162. The third-order valence-corrected chi connectivity index (χ3v) is 6.76. The zero-order chi connectivity index (χ0) is 30.5. The van der Waals surface area contributed by atoms with Crippen molar-refractivity contribution in [3.8, 4) is 11.1 Å². The molecule has 240 valence electrons. The van der Waals surface area contributed by atoms with Gasteiger partial charge in [-0.05, 0) is 36.1 Å². The summed E-state index contributed by atoms with van der Waals surface area (Å²) >= 11 is 0. The van der Waals surface area contributed by atoms with Crippen molar-refractivity contribution in [2.75, 3.05) is 106 Å². The molecule has 0 spiro atoms. The zero-order valence-electron chi connectivity index (χ0n) is 26.0. The smallest absolute Gasteiger partial charge is 0.409 e. The second-order valence-electron chi connectivity index (χ2n) is 10.3. The van der Waals surface area contributed by atoms with Gasteiger partial charge in [-0.15, -0.1) is 0 Å². The van der Waals surface area contributed by atoms with Crippen LogP contribution in [0.4, 0.5) is 4.79 Å². The number of benzene rings is 2. The van der Waals surface area contributed by atoms with Gasteiger partial charge in [0.1, 0.15) is 6.61 Å². The molecule has 0 fully saturated rings. The Bertz CT molecular complexity index is 989. The maximum Gasteiger partial charge on any atom is 0.409 e. The van der Waals surface area contributed by atoms with Gasteiger partial charge in [0.2, 0.25) is 0 Å². The van der Waals surface area contributed by atoms with E-state index in [1.165, 1.54) is 27.2 Å². The summed E-state index contributed by atoms with van der Waals surface area (Å²) in [5.41, 5.74) is 4.82. The van der Waals surface area contributed by atoms with E-state index in [4.69, 9.17) is 37.9 Å². The predicted octanol–water partition coefficient (Wildman–Crippen LogP) is 4.39. The number of hydrogen-bond acceptors (Lipinski definition) is 9. The molecule has 10 nitrogen and oxygen atoms in total. The Labute approximate surface area is 256 Å². The van der Waals surface area contributed by atoms with Crippen LogP contribution in [0.25, 0.3) is 11.1 Å². The van der Waals surface area contributed by atoms with E-state index in [-0.39, 0.29) is 18.1 Å². The van der Waals surface area contributed by atoms with Crippen molar-refractivity contribution in [2.24, 2.45) is 0 Å². The first-order chi connectivity index (χ1) is 21.1. The number of fused-ring (bicyclic) bond motifs is 3. The Morgan fingerprint density at radius 1 is 0.628 bits per heavy atom. The van der Waals surface area contributed by atoms with Crippen molar-refractivity contribution < 1.29 is 42.7 Å². The Hall–Kier alpha value is -2.57. The SMILES string of the molecule is CC(C)OCCOCCOCCOCCOCCOCCOCCN(C)C(=O)OCC1c2ccccc2-c2ccccc21. The largest absolute Gasteiger partial charge is 0.448 e. The van der Waals surface area contributed by atoms with E-state index in [0.717, 1.165) is 0 Å². The Balaban J connectivity index is 1.08. The molecular formula is C33H49NO9. The lowest BCUT2D eigenvalue weighted by molar-refractivity contribution is -0.0240. The molecule has 0 bridgehead atoms. The van der Waals surface area contributed by atoms with Crippen LogP contribution in [-0.4, -0.2) is 123 Å². The highest BCUT2D eigenvalue weighted by molar-refractivity contribution is 5.79. The van der Waals surface area contributed by atoms with Crippen molar-refractivity contribution in [1.82, 2.24) is 4.90 Å². The minimum Gasteiger partial charge on any atom is -0.448 e. The molecule has 3 rings (SSSR count). The van der Waals surface area contributed by atoms with Gasteiger partial charge in [-0.2, -0.15) is 0 Å². The van der Waals surface area contributed by atoms with Crippen LogP contribution in [0, 0.1) is 0 Å². The number of likely N-dealkylation sites (N-methyl/N-ethyl adjacent to an activating group) is 1. The first kappa shape index (κ1) is 34.9. The molecule has 0 atom stereocenters. The number of hydrogen-bond donors (Lipinski definition) is 0. The maximum atomic E-state index is 12.6. The van der Waals surface area contributed by atoms with E-state index >= 15 is 0 Å². The van der Waals surface area contributed by atoms with E-state index < -0.39 is 0 Å². The van der Waals surface area contributed by atoms with Crippen molar-refractivity contribution in [1.29, 1.82) is 0 Å². The van der Waals surface area contributed by atoms with Crippen LogP contribution < -0.4 is 0 Å². The van der Waals surface area contributed by atoms with E-state index in [0.29, 0.717) is 99.0 Å². The van der Waals surface area contributed by atoms with Gasteiger partial charge in [0, 0.05) is 19.5 Å². The van der Waals surface area contributed by atoms with Crippen molar-refractivity contribution in [3.63, 3.8) is 0 Å². The molecule has 1 aliphatic carbocycles. The average Bonchev–Trinajstić information content (AvgIpc) is 3.33. The molecule has 43 heavy (non-hydrogen) atoms. The Kier molecular flexibility index (Phi) is 17.2. The van der Waals surface area contributed by atoms with Crippen LogP contribution >= 0.6 is 0 Å². The first-order valence-electron chi connectivity index (χ1n) is 15.2. The van der Waals surface area contributed by atoms with E-state index in [9.17, 15) is 4.79 Å².